The molecule has 222 valence electrons. The monoisotopic (exact) mass is 595 g/mol. The molecule has 0 radical (unpaired) electrons. The molecular weight excluding hydrogens is 562 g/mol. The van der Waals surface area contributed by atoms with Gasteiger partial charge in [0.1, 0.15) is 18.4 Å². The third-order valence-corrected chi connectivity index (χ3v) is 6.83. The average Bonchev–Trinajstić information content (AvgIpc) is 3.50. The lowest BCUT2D eigenvalue weighted by Crippen LogP contribution is -2.34. The quantitative estimate of drug-likeness (QED) is 0.309. The molecule has 1 aliphatic rings. The van der Waals surface area contributed by atoms with Gasteiger partial charge in [-0.2, -0.15) is 0 Å². The molecule has 1 amide bonds. The molecule has 42 heavy (non-hydrogen) atoms. The first-order valence-corrected chi connectivity index (χ1v) is 13.8. The zero-order valence-electron chi connectivity index (χ0n) is 24.2. The van der Waals surface area contributed by atoms with Crippen molar-refractivity contribution in [2.45, 2.75) is 45.3 Å². The normalized spacial score (nSPS) is 13.6. The van der Waals surface area contributed by atoms with Gasteiger partial charge in [0.15, 0.2) is 0 Å². The van der Waals surface area contributed by atoms with Crippen LogP contribution in [0.25, 0.3) is 11.1 Å². The summed E-state index contributed by atoms with van der Waals surface area (Å²) in [6.45, 7) is 6.43. The van der Waals surface area contributed by atoms with Gasteiger partial charge in [0.25, 0.3) is 5.56 Å². The van der Waals surface area contributed by atoms with Crippen LogP contribution in [0, 0.1) is 0 Å². The van der Waals surface area contributed by atoms with E-state index in [1.165, 1.54) is 31.0 Å². The van der Waals surface area contributed by atoms with Crippen molar-refractivity contribution in [1.82, 2.24) is 4.57 Å². The number of methoxy groups -OCH3 is 2. The molecule has 0 aliphatic carbocycles. The summed E-state index contributed by atoms with van der Waals surface area (Å²) in [4.78, 5) is 44.3. The number of anilines is 1. The number of carbonyl (C=O) groups is 2. The number of carbonyl (C=O) groups excluding carboxylic acids is 2. The number of nitrogens with one attached hydrogen (secondary N) is 1. The Morgan fingerprint density at radius 2 is 1.81 bits per heavy atom. The molecule has 11 heteroatoms. The molecule has 4 rings (SSSR count). The van der Waals surface area contributed by atoms with E-state index in [0.717, 1.165) is 11.3 Å². The molecule has 2 aromatic carbocycles. The van der Waals surface area contributed by atoms with Crippen molar-refractivity contribution in [3.05, 3.63) is 81.2 Å². The van der Waals surface area contributed by atoms with E-state index in [2.05, 4.69) is 10.5 Å². The third-order valence-electron chi connectivity index (χ3n) is 6.59. The van der Waals surface area contributed by atoms with Crippen LogP contribution in [-0.2, 0) is 19.1 Å². The van der Waals surface area contributed by atoms with Gasteiger partial charge in [-0.1, -0.05) is 22.8 Å². The van der Waals surface area contributed by atoms with Gasteiger partial charge in [-0.05, 0) is 62.7 Å². The van der Waals surface area contributed by atoms with Crippen LogP contribution in [0.3, 0.4) is 0 Å². The van der Waals surface area contributed by atoms with Gasteiger partial charge in [-0.15, -0.1) is 0 Å². The highest BCUT2D eigenvalue weighted by atomic mass is 35.5. The minimum Gasteiger partial charge on any atom is -0.495 e. The Labute approximate surface area is 249 Å². The van der Waals surface area contributed by atoms with Crippen molar-refractivity contribution in [1.29, 1.82) is 0 Å². The highest BCUT2D eigenvalue weighted by Gasteiger charge is 2.26. The average molecular weight is 596 g/mol. The minimum absolute atomic E-state index is 0.211. The van der Waals surface area contributed by atoms with Gasteiger partial charge in [0.05, 0.1) is 37.3 Å². The fourth-order valence-corrected chi connectivity index (χ4v) is 4.71. The van der Waals surface area contributed by atoms with Gasteiger partial charge in [0.2, 0.25) is 5.91 Å². The van der Waals surface area contributed by atoms with Crippen molar-refractivity contribution in [2.75, 3.05) is 32.8 Å². The van der Waals surface area contributed by atoms with Gasteiger partial charge in [0, 0.05) is 47.4 Å². The summed E-state index contributed by atoms with van der Waals surface area (Å²) in [6.07, 6.45) is 2.35. The predicted molar refractivity (Wildman–Crippen MR) is 161 cm³/mol. The molecule has 3 aromatic rings. The topological polar surface area (TPSA) is 117 Å². The van der Waals surface area contributed by atoms with Gasteiger partial charge >= 0.3 is 5.97 Å². The first-order chi connectivity index (χ1) is 20.0. The van der Waals surface area contributed by atoms with Crippen molar-refractivity contribution < 1.29 is 28.6 Å². The minimum atomic E-state index is -0.936. The predicted octanol–water partition coefficient (Wildman–Crippen LogP) is 5.47. The number of rotatable bonds is 10. The number of aromatic nitrogens is 1. The van der Waals surface area contributed by atoms with Crippen LogP contribution < -0.4 is 15.6 Å². The zero-order valence-corrected chi connectivity index (χ0v) is 25.0. The maximum atomic E-state index is 13.7. The van der Waals surface area contributed by atoms with Crippen molar-refractivity contribution >= 4 is 34.9 Å². The van der Waals surface area contributed by atoms with Gasteiger partial charge in [-0.25, -0.2) is 4.79 Å². The fraction of sp³-hybridized carbons (Fsp3) is 0.355. The van der Waals surface area contributed by atoms with E-state index in [-0.39, 0.29) is 13.0 Å². The SMILES string of the molecule is COC(=O)c1ccc(NC(=O)C(CCOC(C)(C)C)n2cc(OC)c(-c3cc(Cl)ccc3C3=NOCC3)cc2=O)cc1. The van der Waals surface area contributed by atoms with Crippen molar-refractivity contribution in [2.24, 2.45) is 5.16 Å². The lowest BCUT2D eigenvalue weighted by Gasteiger charge is -2.24. The Balaban J connectivity index is 1.72. The Kier molecular flexibility index (Phi) is 9.70. The molecule has 0 saturated carbocycles. The molecule has 0 saturated heterocycles. The van der Waals surface area contributed by atoms with E-state index in [1.54, 1.807) is 36.4 Å². The molecule has 1 aromatic heterocycles. The Morgan fingerprint density at radius 3 is 2.43 bits per heavy atom. The Hall–Kier alpha value is -4.15. The maximum Gasteiger partial charge on any atom is 0.337 e. The smallest absolute Gasteiger partial charge is 0.337 e. The van der Waals surface area contributed by atoms with Crippen molar-refractivity contribution in [3.63, 3.8) is 0 Å². The fourth-order valence-electron chi connectivity index (χ4n) is 4.54. The first-order valence-electron chi connectivity index (χ1n) is 13.4. The lowest BCUT2D eigenvalue weighted by molar-refractivity contribution is -0.120. The molecule has 2 heterocycles. The summed E-state index contributed by atoms with van der Waals surface area (Å²) < 4.78 is 17.7. The van der Waals surface area contributed by atoms with Crippen LogP contribution in [0.5, 0.6) is 5.75 Å². The number of halogens is 1. The van der Waals surface area contributed by atoms with Crippen LogP contribution in [-0.4, -0.2) is 55.2 Å². The summed E-state index contributed by atoms with van der Waals surface area (Å²) in [5.41, 5.74) is 2.63. The zero-order chi connectivity index (χ0) is 30.4. The Morgan fingerprint density at radius 1 is 1.07 bits per heavy atom. The first kappa shape index (κ1) is 30.8. The van der Waals surface area contributed by atoms with Gasteiger partial charge in [-0.3, -0.25) is 14.2 Å². The van der Waals surface area contributed by atoms with Gasteiger partial charge < -0.3 is 24.4 Å². The van der Waals surface area contributed by atoms with E-state index in [0.29, 0.717) is 46.2 Å². The second-order valence-electron chi connectivity index (χ2n) is 10.6. The standard InChI is InChI=1S/C31H34ClN3O7/c1-31(2,3)41-14-13-26(29(37)33-21-9-6-19(7-10-21)30(38)40-5)35-18-27(39-4)24(17-28(35)36)23-16-20(32)8-11-22(23)25-12-15-42-34-25/h6-11,16-18,26H,12-15H2,1-5H3,(H,33,37). The third kappa shape index (κ3) is 7.37. The van der Waals surface area contributed by atoms with E-state index in [9.17, 15) is 14.4 Å². The number of benzene rings is 2. The van der Waals surface area contributed by atoms with E-state index in [1.807, 2.05) is 26.8 Å². The second-order valence-corrected chi connectivity index (χ2v) is 11.1. The van der Waals surface area contributed by atoms with E-state index in [4.69, 9.17) is 30.6 Å². The summed E-state index contributed by atoms with van der Waals surface area (Å²) >= 11 is 6.35. The molecule has 0 fully saturated rings. The lowest BCUT2D eigenvalue weighted by atomic mass is 9.95. The summed E-state index contributed by atoms with van der Waals surface area (Å²) in [6, 6.07) is 12.1. The molecule has 1 aliphatic heterocycles. The molecule has 0 spiro atoms. The molecule has 0 bridgehead atoms. The number of hydrogen-bond donors (Lipinski definition) is 1. The number of esters is 1. The molecule has 10 nitrogen and oxygen atoms in total. The second kappa shape index (κ2) is 13.2. The maximum absolute atomic E-state index is 13.7. The van der Waals surface area contributed by atoms with Crippen LogP contribution in [0.4, 0.5) is 5.69 Å². The van der Waals surface area contributed by atoms with E-state index < -0.39 is 29.1 Å². The summed E-state index contributed by atoms with van der Waals surface area (Å²) in [5.74, 6) is -0.551. The van der Waals surface area contributed by atoms with Crippen LogP contribution >= 0.6 is 11.6 Å². The number of pyridine rings is 1. The molecule has 1 unspecified atom stereocenters. The molecule has 1 atom stereocenters. The summed E-state index contributed by atoms with van der Waals surface area (Å²) in [7, 11) is 2.79. The number of amides is 1. The van der Waals surface area contributed by atoms with Crippen LogP contribution in [0.1, 0.15) is 55.6 Å². The van der Waals surface area contributed by atoms with E-state index >= 15 is 0 Å². The molecular formula is C31H34ClN3O7. The van der Waals surface area contributed by atoms with Crippen LogP contribution in [0.2, 0.25) is 5.02 Å². The highest BCUT2D eigenvalue weighted by molar-refractivity contribution is 6.31. The number of hydrogen-bond acceptors (Lipinski definition) is 8. The largest absolute Gasteiger partial charge is 0.495 e. The molecule has 1 N–H and O–H groups in total. The number of ether oxygens (including phenoxy) is 3. The van der Waals surface area contributed by atoms with Crippen LogP contribution in [0.15, 0.2) is 64.7 Å². The Bertz CT molecular complexity index is 1540. The highest BCUT2D eigenvalue weighted by Crippen LogP contribution is 2.35. The number of oxime groups is 1. The summed E-state index contributed by atoms with van der Waals surface area (Å²) in [5, 5.41) is 7.46. The number of nitrogens with zero attached hydrogens (tertiary/aromatic N) is 2. The van der Waals surface area contributed by atoms with Crippen molar-refractivity contribution in [3.8, 4) is 16.9 Å².